The molecule has 2 aliphatic heterocycles. The number of piperidine rings is 1. The zero-order chi connectivity index (χ0) is 12.5. The number of benzene rings is 1. The van der Waals surface area contributed by atoms with Gasteiger partial charge >= 0.3 is 0 Å². The Morgan fingerprint density at radius 1 is 1.17 bits per heavy atom. The van der Waals surface area contributed by atoms with Gasteiger partial charge in [0.05, 0.1) is 0 Å². The Hall–Kier alpha value is -1.00. The van der Waals surface area contributed by atoms with Gasteiger partial charge in [-0.3, -0.25) is 4.90 Å². The molecule has 1 aromatic rings. The Kier molecular flexibility index (Phi) is 3.31. The van der Waals surface area contributed by atoms with Gasteiger partial charge in [-0.05, 0) is 49.5 Å². The van der Waals surface area contributed by atoms with Crippen LogP contribution in [0.25, 0.3) is 0 Å². The monoisotopic (exact) mass is 252 g/mol. The third kappa shape index (κ3) is 2.40. The van der Waals surface area contributed by atoms with E-state index in [9.17, 15) is 8.78 Å². The van der Waals surface area contributed by atoms with E-state index in [1.54, 1.807) is 0 Å². The first kappa shape index (κ1) is 12.1. The Morgan fingerprint density at radius 2 is 1.94 bits per heavy atom. The maximum atomic E-state index is 13.2. The van der Waals surface area contributed by atoms with E-state index in [2.05, 4.69) is 10.2 Å². The van der Waals surface area contributed by atoms with Crippen LogP contribution in [0, 0.1) is 17.6 Å². The summed E-state index contributed by atoms with van der Waals surface area (Å²) in [4.78, 5) is 2.36. The summed E-state index contributed by atoms with van der Waals surface area (Å²) in [7, 11) is 0. The average molecular weight is 252 g/mol. The van der Waals surface area contributed by atoms with Crippen molar-refractivity contribution in [3.8, 4) is 0 Å². The fraction of sp³-hybridized carbons (Fsp3) is 0.571. The number of hydrogen-bond acceptors (Lipinski definition) is 2. The molecule has 0 bridgehead atoms. The van der Waals surface area contributed by atoms with Crippen LogP contribution >= 0.6 is 0 Å². The molecule has 3 rings (SSSR count). The maximum absolute atomic E-state index is 13.2. The second-order valence-corrected chi connectivity index (χ2v) is 5.38. The second kappa shape index (κ2) is 4.94. The molecule has 2 unspecified atom stereocenters. The van der Waals surface area contributed by atoms with Gasteiger partial charge in [0, 0.05) is 25.2 Å². The van der Waals surface area contributed by atoms with Gasteiger partial charge in [-0.1, -0.05) is 0 Å². The standard InChI is InChI=1S/C14H18F2N2/c15-12-4-10(5-13(16)6-12)9-18-3-1-2-11-7-17-8-14(11)18/h4-6,11,14,17H,1-3,7-9H2. The summed E-state index contributed by atoms with van der Waals surface area (Å²) in [6.45, 7) is 3.76. The predicted molar refractivity (Wildman–Crippen MR) is 66.1 cm³/mol. The Bertz CT molecular complexity index is 416. The van der Waals surface area contributed by atoms with Crippen molar-refractivity contribution >= 4 is 0 Å². The molecule has 0 aliphatic carbocycles. The molecule has 2 heterocycles. The first-order chi connectivity index (χ1) is 8.72. The lowest BCUT2D eigenvalue weighted by Gasteiger charge is -2.37. The zero-order valence-corrected chi connectivity index (χ0v) is 10.3. The summed E-state index contributed by atoms with van der Waals surface area (Å²) < 4.78 is 26.4. The van der Waals surface area contributed by atoms with E-state index in [1.807, 2.05) is 0 Å². The number of nitrogens with one attached hydrogen (secondary N) is 1. The molecular formula is C14H18F2N2. The van der Waals surface area contributed by atoms with E-state index in [-0.39, 0.29) is 0 Å². The van der Waals surface area contributed by atoms with Crippen LogP contribution in [0.5, 0.6) is 0 Å². The number of fused-ring (bicyclic) bond motifs is 1. The molecule has 18 heavy (non-hydrogen) atoms. The first-order valence-electron chi connectivity index (χ1n) is 6.62. The van der Waals surface area contributed by atoms with Gasteiger partial charge in [0.2, 0.25) is 0 Å². The topological polar surface area (TPSA) is 15.3 Å². The van der Waals surface area contributed by atoms with Crippen molar-refractivity contribution in [3.63, 3.8) is 0 Å². The maximum Gasteiger partial charge on any atom is 0.126 e. The van der Waals surface area contributed by atoms with Crippen molar-refractivity contribution in [2.45, 2.75) is 25.4 Å². The lowest BCUT2D eigenvalue weighted by Crippen LogP contribution is -2.44. The van der Waals surface area contributed by atoms with Gasteiger partial charge < -0.3 is 5.32 Å². The van der Waals surface area contributed by atoms with Gasteiger partial charge in [-0.2, -0.15) is 0 Å². The van der Waals surface area contributed by atoms with E-state index < -0.39 is 11.6 Å². The van der Waals surface area contributed by atoms with Crippen LogP contribution in [0.3, 0.4) is 0 Å². The molecule has 0 amide bonds. The van der Waals surface area contributed by atoms with E-state index in [0.717, 1.165) is 31.3 Å². The van der Waals surface area contributed by atoms with E-state index in [4.69, 9.17) is 0 Å². The second-order valence-electron chi connectivity index (χ2n) is 5.38. The molecule has 4 heteroatoms. The van der Waals surface area contributed by atoms with Crippen LogP contribution in [-0.2, 0) is 6.54 Å². The zero-order valence-electron chi connectivity index (χ0n) is 10.3. The number of likely N-dealkylation sites (tertiary alicyclic amines) is 1. The highest BCUT2D eigenvalue weighted by Crippen LogP contribution is 2.27. The highest BCUT2D eigenvalue weighted by Gasteiger charge is 2.34. The minimum atomic E-state index is -0.483. The normalized spacial score (nSPS) is 28.3. The molecule has 1 aromatic carbocycles. The summed E-state index contributed by atoms with van der Waals surface area (Å²) in [6, 6.07) is 4.34. The van der Waals surface area contributed by atoms with Crippen LogP contribution in [0.15, 0.2) is 18.2 Å². The molecule has 2 nitrogen and oxygen atoms in total. The number of halogens is 2. The lowest BCUT2D eigenvalue weighted by molar-refractivity contribution is 0.117. The van der Waals surface area contributed by atoms with Crippen molar-refractivity contribution in [2.75, 3.05) is 19.6 Å². The molecule has 2 aliphatic rings. The van der Waals surface area contributed by atoms with Crippen molar-refractivity contribution in [3.05, 3.63) is 35.4 Å². The highest BCUT2D eigenvalue weighted by atomic mass is 19.1. The molecule has 2 fully saturated rings. The minimum absolute atomic E-state index is 0.483. The molecule has 0 spiro atoms. The molecule has 0 aromatic heterocycles. The van der Waals surface area contributed by atoms with Gasteiger partial charge in [0.25, 0.3) is 0 Å². The van der Waals surface area contributed by atoms with Crippen molar-refractivity contribution in [1.29, 1.82) is 0 Å². The molecule has 2 atom stereocenters. The third-order valence-electron chi connectivity index (χ3n) is 4.10. The van der Waals surface area contributed by atoms with Crippen LogP contribution in [0.4, 0.5) is 8.78 Å². The quantitative estimate of drug-likeness (QED) is 0.867. The summed E-state index contributed by atoms with van der Waals surface area (Å²) in [5.41, 5.74) is 0.736. The molecule has 98 valence electrons. The fourth-order valence-corrected chi connectivity index (χ4v) is 3.30. The fourth-order valence-electron chi connectivity index (χ4n) is 3.30. The van der Waals surface area contributed by atoms with Crippen molar-refractivity contribution in [1.82, 2.24) is 10.2 Å². The largest absolute Gasteiger partial charge is 0.315 e. The van der Waals surface area contributed by atoms with Crippen LogP contribution < -0.4 is 5.32 Å². The molecule has 2 saturated heterocycles. The first-order valence-corrected chi connectivity index (χ1v) is 6.62. The van der Waals surface area contributed by atoms with Gasteiger partial charge in [-0.25, -0.2) is 8.78 Å². The summed E-state index contributed by atoms with van der Waals surface area (Å²) >= 11 is 0. The summed E-state index contributed by atoms with van der Waals surface area (Å²) in [5.74, 6) is -0.261. The van der Waals surface area contributed by atoms with Crippen molar-refractivity contribution in [2.24, 2.45) is 5.92 Å². The third-order valence-corrected chi connectivity index (χ3v) is 4.10. The average Bonchev–Trinajstić information content (AvgIpc) is 2.76. The highest BCUT2D eigenvalue weighted by molar-refractivity contribution is 5.18. The number of hydrogen-bond donors (Lipinski definition) is 1. The minimum Gasteiger partial charge on any atom is -0.315 e. The van der Waals surface area contributed by atoms with E-state index in [1.165, 1.54) is 25.0 Å². The summed E-state index contributed by atoms with van der Waals surface area (Å²) in [6.07, 6.45) is 2.45. The Morgan fingerprint density at radius 3 is 2.72 bits per heavy atom. The van der Waals surface area contributed by atoms with Gasteiger partial charge in [0.1, 0.15) is 11.6 Å². The van der Waals surface area contributed by atoms with E-state index in [0.29, 0.717) is 18.5 Å². The van der Waals surface area contributed by atoms with Crippen LogP contribution in [-0.4, -0.2) is 30.6 Å². The lowest BCUT2D eigenvalue weighted by atomic mass is 9.91. The van der Waals surface area contributed by atoms with E-state index >= 15 is 0 Å². The number of nitrogens with zero attached hydrogens (tertiary/aromatic N) is 1. The molecular weight excluding hydrogens is 234 g/mol. The number of rotatable bonds is 2. The SMILES string of the molecule is Fc1cc(F)cc(CN2CCCC3CNCC32)c1. The Labute approximate surface area is 106 Å². The van der Waals surface area contributed by atoms with Crippen molar-refractivity contribution < 1.29 is 8.78 Å². The predicted octanol–water partition coefficient (Wildman–Crippen LogP) is 2.15. The molecule has 0 radical (unpaired) electrons. The molecule has 0 saturated carbocycles. The van der Waals surface area contributed by atoms with Crippen LogP contribution in [0.2, 0.25) is 0 Å². The Balaban J connectivity index is 1.74. The molecule has 1 N–H and O–H groups in total. The van der Waals surface area contributed by atoms with Crippen LogP contribution in [0.1, 0.15) is 18.4 Å². The van der Waals surface area contributed by atoms with Gasteiger partial charge in [-0.15, -0.1) is 0 Å². The van der Waals surface area contributed by atoms with Gasteiger partial charge in [0.15, 0.2) is 0 Å². The smallest absolute Gasteiger partial charge is 0.126 e. The summed E-state index contributed by atoms with van der Waals surface area (Å²) in [5, 5.41) is 3.41.